The van der Waals surface area contributed by atoms with Gasteiger partial charge in [-0.15, -0.1) is 0 Å². The molecule has 0 fully saturated rings. The van der Waals surface area contributed by atoms with Crippen molar-refractivity contribution in [2.75, 3.05) is 34.4 Å². The Morgan fingerprint density at radius 2 is 1.96 bits per heavy atom. The zero-order chi connectivity index (χ0) is 18.5. The molecule has 0 saturated heterocycles. The average Bonchev–Trinajstić information content (AvgIpc) is 3.08. The van der Waals surface area contributed by atoms with Crippen LogP contribution in [-0.4, -0.2) is 55.0 Å². The predicted molar refractivity (Wildman–Crippen MR) is 102 cm³/mol. The lowest BCUT2D eigenvalue weighted by atomic mass is 9.99. The van der Waals surface area contributed by atoms with E-state index in [4.69, 9.17) is 9.47 Å². The van der Waals surface area contributed by atoms with E-state index in [0.29, 0.717) is 0 Å². The van der Waals surface area contributed by atoms with Gasteiger partial charge >= 0.3 is 0 Å². The Balaban J connectivity index is 1.64. The first-order chi connectivity index (χ1) is 12.6. The van der Waals surface area contributed by atoms with Gasteiger partial charge in [0.2, 0.25) is 0 Å². The van der Waals surface area contributed by atoms with Crippen molar-refractivity contribution in [3.63, 3.8) is 0 Å². The van der Waals surface area contributed by atoms with Gasteiger partial charge in [-0.05, 0) is 41.7 Å². The minimum atomic E-state index is 0.771. The maximum atomic E-state index is 5.44. The van der Waals surface area contributed by atoms with E-state index < -0.39 is 0 Å². The van der Waals surface area contributed by atoms with Crippen molar-refractivity contribution in [1.29, 1.82) is 0 Å². The molecule has 0 atom stereocenters. The van der Waals surface area contributed by atoms with E-state index in [-0.39, 0.29) is 0 Å². The molecule has 3 rings (SSSR count). The van der Waals surface area contributed by atoms with Crippen molar-refractivity contribution in [3.05, 3.63) is 41.2 Å². The average molecular weight is 357 g/mol. The largest absolute Gasteiger partial charge is 0.493 e. The monoisotopic (exact) mass is 357 g/mol. The van der Waals surface area contributed by atoms with Crippen LogP contribution >= 0.6 is 0 Å². The second-order valence-corrected chi connectivity index (χ2v) is 6.39. The third-order valence-corrected chi connectivity index (χ3v) is 4.68. The van der Waals surface area contributed by atoms with E-state index in [1.165, 1.54) is 16.7 Å². The molecule has 26 heavy (non-hydrogen) atoms. The fraction of sp³-hybridized carbons (Fsp3) is 0.474. The van der Waals surface area contributed by atoms with Gasteiger partial charge in [-0.25, -0.2) is 0 Å². The van der Waals surface area contributed by atoms with E-state index in [1.807, 2.05) is 31.2 Å². The number of nitrogens with one attached hydrogen (secondary N) is 1. The van der Waals surface area contributed by atoms with Crippen LogP contribution in [0.3, 0.4) is 0 Å². The summed E-state index contributed by atoms with van der Waals surface area (Å²) < 4.78 is 12.7. The van der Waals surface area contributed by atoms with Crippen LogP contribution in [0.15, 0.2) is 29.5 Å². The summed E-state index contributed by atoms with van der Waals surface area (Å²) in [5.41, 5.74) is 3.78. The highest BCUT2D eigenvalue weighted by molar-refractivity contribution is 5.80. The lowest BCUT2D eigenvalue weighted by Crippen LogP contribution is -2.44. The smallest absolute Gasteiger partial charge is 0.193 e. The second kappa shape index (κ2) is 8.12. The number of aromatic nitrogens is 2. The molecule has 2 heterocycles. The Morgan fingerprint density at radius 1 is 1.23 bits per heavy atom. The quantitative estimate of drug-likeness (QED) is 0.651. The Kier molecular flexibility index (Phi) is 5.65. The molecule has 0 radical (unpaired) electrons. The summed E-state index contributed by atoms with van der Waals surface area (Å²) in [5.74, 6) is 2.49. The van der Waals surface area contributed by atoms with Crippen LogP contribution in [0.4, 0.5) is 0 Å². The minimum absolute atomic E-state index is 0.771. The molecule has 0 aliphatic carbocycles. The van der Waals surface area contributed by atoms with Crippen molar-refractivity contribution >= 4 is 5.96 Å². The first kappa shape index (κ1) is 18.1. The van der Waals surface area contributed by atoms with Gasteiger partial charge in [0, 0.05) is 39.9 Å². The number of methoxy groups -OCH3 is 2. The molecular weight excluding hydrogens is 330 g/mol. The molecule has 140 valence electrons. The number of nitrogens with zero attached hydrogens (tertiary/aromatic N) is 4. The number of hydrogen-bond donors (Lipinski definition) is 1. The van der Waals surface area contributed by atoms with Gasteiger partial charge in [0.1, 0.15) is 0 Å². The maximum Gasteiger partial charge on any atom is 0.193 e. The molecule has 1 aliphatic rings. The molecule has 1 N–H and O–H groups in total. The van der Waals surface area contributed by atoms with Gasteiger partial charge in [-0.1, -0.05) is 0 Å². The lowest BCUT2D eigenvalue weighted by Gasteiger charge is -2.32. The number of aryl methyl sites for hydroxylation is 1. The van der Waals surface area contributed by atoms with Gasteiger partial charge in [-0.3, -0.25) is 9.67 Å². The van der Waals surface area contributed by atoms with Gasteiger partial charge < -0.3 is 19.7 Å². The van der Waals surface area contributed by atoms with Crippen molar-refractivity contribution < 1.29 is 9.47 Å². The van der Waals surface area contributed by atoms with Crippen LogP contribution in [0, 0.1) is 0 Å². The molecule has 7 nitrogen and oxygen atoms in total. The first-order valence-electron chi connectivity index (χ1n) is 8.81. The summed E-state index contributed by atoms with van der Waals surface area (Å²) in [6, 6.07) is 4.16. The zero-order valence-corrected chi connectivity index (χ0v) is 16.0. The Bertz CT molecular complexity index is 784. The molecule has 1 aliphatic heterocycles. The number of ether oxygens (including phenoxy) is 2. The number of benzene rings is 1. The lowest BCUT2D eigenvalue weighted by molar-refractivity contribution is 0.346. The van der Waals surface area contributed by atoms with E-state index in [9.17, 15) is 0 Å². The Morgan fingerprint density at radius 3 is 2.58 bits per heavy atom. The summed E-state index contributed by atoms with van der Waals surface area (Å²) >= 11 is 0. The molecule has 0 bridgehead atoms. The van der Waals surface area contributed by atoms with Crippen LogP contribution in [-0.2, 0) is 26.4 Å². The molecule has 0 unspecified atom stereocenters. The summed E-state index contributed by atoms with van der Waals surface area (Å²) in [5, 5.41) is 7.67. The number of fused-ring (bicyclic) bond motifs is 1. The van der Waals surface area contributed by atoms with Crippen LogP contribution in [0.5, 0.6) is 11.5 Å². The fourth-order valence-corrected chi connectivity index (χ4v) is 3.32. The van der Waals surface area contributed by atoms with E-state index in [2.05, 4.69) is 32.4 Å². The number of guanidine groups is 1. The van der Waals surface area contributed by atoms with Gasteiger partial charge in [0.15, 0.2) is 17.5 Å². The molecular formula is C19H27N5O2. The number of hydrogen-bond acceptors (Lipinski definition) is 4. The molecule has 0 amide bonds. The van der Waals surface area contributed by atoms with Crippen molar-refractivity contribution in [1.82, 2.24) is 20.0 Å². The fourth-order valence-electron chi connectivity index (χ4n) is 3.32. The van der Waals surface area contributed by atoms with Gasteiger partial charge in [-0.2, -0.15) is 5.10 Å². The van der Waals surface area contributed by atoms with E-state index in [0.717, 1.165) is 49.9 Å². The molecule has 1 aromatic heterocycles. The summed E-state index contributed by atoms with van der Waals surface area (Å²) in [4.78, 5) is 6.73. The summed E-state index contributed by atoms with van der Waals surface area (Å²) in [6.07, 6.45) is 5.82. The highest BCUT2D eigenvalue weighted by atomic mass is 16.5. The van der Waals surface area contributed by atoms with Crippen molar-refractivity contribution in [2.45, 2.75) is 19.4 Å². The second-order valence-electron chi connectivity index (χ2n) is 6.39. The van der Waals surface area contributed by atoms with E-state index >= 15 is 0 Å². The molecule has 2 aromatic rings. The Labute approximate surface area is 154 Å². The molecule has 7 heteroatoms. The SMILES string of the molecule is CN=C(NCCc1cnn(C)c1)N1CCc2cc(OC)c(OC)cc2C1. The number of rotatable bonds is 5. The summed E-state index contributed by atoms with van der Waals surface area (Å²) in [6.45, 7) is 2.56. The first-order valence-corrected chi connectivity index (χ1v) is 8.81. The predicted octanol–water partition coefficient (Wildman–Crippen LogP) is 1.61. The highest BCUT2D eigenvalue weighted by Crippen LogP contribution is 2.33. The van der Waals surface area contributed by atoms with Crippen LogP contribution in [0.1, 0.15) is 16.7 Å². The third-order valence-electron chi connectivity index (χ3n) is 4.68. The van der Waals surface area contributed by atoms with Gasteiger partial charge in [0.25, 0.3) is 0 Å². The molecule has 0 saturated carbocycles. The van der Waals surface area contributed by atoms with Gasteiger partial charge in [0.05, 0.1) is 20.4 Å². The molecule has 1 aromatic carbocycles. The van der Waals surface area contributed by atoms with E-state index in [1.54, 1.807) is 14.2 Å². The highest BCUT2D eigenvalue weighted by Gasteiger charge is 2.21. The minimum Gasteiger partial charge on any atom is -0.493 e. The molecule has 0 spiro atoms. The van der Waals surface area contributed by atoms with Crippen molar-refractivity contribution in [3.8, 4) is 11.5 Å². The van der Waals surface area contributed by atoms with Crippen LogP contribution in [0.2, 0.25) is 0 Å². The topological polar surface area (TPSA) is 63.9 Å². The summed E-state index contributed by atoms with van der Waals surface area (Å²) in [7, 11) is 7.11. The third kappa shape index (κ3) is 3.92. The van der Waals surface area contributed by atoms with Crippen LogP contribution in [0.25, 0.3) is 0 Å². The Hall–Kier alpha value is -2.70. The normalized spacial score (nSPS) is 14.2. The van der Waals surface area contributed by atoms with Crippen LogP contribution < -0.4 is 14.8 Å². The zero-order valence-electron chi connectivity index (χ0n) is 16.0. The standard InChI is InChI=1S/C19H27N5O2/c1-20-19(21-7-5-14-11-22-23(2)12-14)24-8-6-15-9-17(25-3)18(26-4)10-16(15)13-24/h9-12H,5-8,13H2,1-4H3,(H,20,21). The van der Waals surface area contributed by atoms with Crippen molar-refractivity contribution in [2.24, 2.45) is 12.0 Å². The maximum absolute atomic E-state index is 5.44. The number of aliphatic imine (C=N–C) groups is 1.